The molecule has 1 atom stereocenters. The van der Waals surface area contributed by atoms with Gasteiger partial charge in [-0.3, -0.25) is 4.98 Å². The van der Waals surface area contributed by atoms with Gasteiger partial charge in [-0.15, -0.1) is 11.3 Å². The summed E-state index contributed by atoms with van der Waals surface area (Å²) in [6.07, 6.45) is -3.17. The van der Waals surface area contributed by atoms with Crippen molar-refractivity contribution in [1.29, 1.82) is 0 Å². The average Bonchev–Trinajstić information content (AvgIpc) is 2.96. The van der Waals surface area contributed by atoms with Gasteiger partial charge in [0.2, 0.25) is 0 Å². The van der Waals surface area contributed by atoms with Crippen LogP contribution in [0.5, 0.6) is 0 Å². The molecule has 1 N–H and O–H groups in total. The summed E-state index contributed by atoms with van der Waals surface area (Å²) in [5.41, 5.74) is 0.325. The standard InChI is InChI=1S/C14H9F3N2OS/c15-14(16,17)13-19-7-10(21-13)12(20)11-9-4-2-1-3-8(9)5-6-18-11/h1-7,12,20H. The lowest BCUT2D eigenvalue weighted by Gasteiger charge is -2.10. The fourth-order valence-electron chi connectivity index (χ4n) is 2.04. The molecule has 7 heteroatoms. The van der Waals surface area contributed by atoms with E-state index in [4.69, 9.17) is 0 Å². The van der Waals surface area contributed by atoms with Crippen molar-refractivity contribution in [3.8, 4) is 0 Å². The number of hydrogen-bond acceptors (Lipinski definition) is 4. The molecule has 3 nitrogen and oxygen atoms in total. The maximum atomic E-state index is 12.6. The third kappa shape index (κ3) is 2.62. The molecule has 21 heavy (non-hydrogen) atoms. The molecule has 1 unspecified atom stereocenters. The SMILES string of the molecule is OC(c1cnc(C(F)(F)F)s1)c1nccc2ccccc12. The molecule has 0 saturated heterocycles. The Labute approximate surface area is 121 Å². The Hall–Kier alpha value is -1.99. The van der Waals surface area contributed by atoms with Gasteiger partial charge >= 0.3 is 6.18 Å². The van der Waals surface area contributed by atoms with Crippen molar-refractivity contribution in [1.82, 2.24) is 9.97 Å². The Morgan fingerprint density at radius 2 is 1.86 bits per heavy atom. The molecule has 0 saturated carbocycles. The van der Waals surface area contributed by atoms with Gasteiger partial charge in [0.25, 0.3) is 0 Å². The molecule has 0 aliphatic rings. The largest absolute Gasteiger partial charge is 0.443 e. The lowest BCUT2D eigenvalue weighted by atomic mass is 10.1. The molecule has 2 aromatic heterocycles. The molecule has 0 radical (unpaired) electrons. The van der Waals surface area contributed by atoms with Gasteiger partial charge in [-0.05, 0) is 11.5 Å². The number of benzene rings is 1. The van der Waals surface area contributed by atoms with Gasteiger partial charge in [-0.1, -0.05) is 24.3 Å². The maximum Gasteiger partial charge on any atom is 0.443 e. The second-order valence-corrected chi connectivity index (χ2v) is 5.45. The molecular formula is C14H9F3N2OS. The fraction of sp³-hybridized carbons (Fsp3) is 0.143. The Morgan fingerprint density at radius 3 is 2.57 bits per heavy atom. The van der Waals surface area contributed by atoms with Gasteiger partial charge in [0, 0.05) is 17.8 Å². The molecule has 0 spiro atoms. The first-order chi connectivity index (χ1) is 9.97. The van der Waals surface area contributed by atoms with Gasteiger partial charge in [-0.25, -0.2) is 4.98 Å². The first-order valence-corrected chi connectivity index (χ1v) is 6.83. The number of thiazole rings is 1. The van der Waals surface area contributed by atoms with Crippen LogP contribution in [0.2, 0.25) is 0 Å². The second kappa shape index (κ2) is 5.09. The van der Waals surface area contributed by atoms with Crippen molar-refractivity contribution in [3.63, 3.8) is 0 Å². The van der Waals surface area contributed by atoms with Crippen LogP contribution < -0.4 is 0 Å². The molecular weight excluding hydrogens is 301 g/mol. The summed E-state index contributed by atoms with van der Waals surface area (Å²) in [5.74, 6) is 0. The highest BCUT2D eigenvalue weighted by Gasteiger charge is 2.35. The first-order valence-electron chi connectivity index (χ1n) is 6.01. The van der Waals surface area contributed by atoms with E-state index in [1.165, 1.54) is 6.20 Å². The van der Waals surface area contributed by atoms with Crippen molar-refractivity contribution < 1.29 is 18.3 Å². The summed E-state index contributed by atoms with van der Waals surface area (Å²) < 4.78 is 37.7. The highest BCUT2D eigenvalue weighted by Crippen LogP contribution is 2.36. The third-order valence-electron chi connectivity index (χ3n) is 3.00. The highest BCUT2D eigenvalue weighted by molar-refractivity contribution is 7.11. The van der Waals surface area contributed by atoms with Crippen LogP contribution in [0.3, 0.4) is 0 Å². The molecule has 3 rings (SSSR count). The smallest absolute Gasteiger partial charge is 0.381 e. The van der Waals surface area contributed by atoms with Gasteiger partial charge < -0.3 is 5.11 Å². The number of fused-ring (bicyclic) bond motifs is 1. The van der Waals surface area contributed by atoms with E-state index in [1.54, 1.807) is 18.2 Å². The summed E-state index contributed by atoms with van der Waals surface area (Å²) in [6, 6.07) is 9.02. The lowest BCUT2D eigenvalue weighted by Crippen LogP contribution is -2.03. The van der Waals surface area contributed by atoms with Gasteiger partial charge in [-0.2, -0.15) is 13.2 Å². The van der Waals surface area contributed by atoms with Gasteiger partial charge in [0.1, 0.15) is 6.10 Å². The molecule has 0 aliphatic heterocycles. The fourth-order valence-corrected chi connectivity index (χ4v) is 2.81. The van der Waals surface area contributed by atoms with Crippen LogP contribution in [0.4, 0.5) is 13.2 Å². The number of alkyl halides is 3. The summed E-state index contributed by atoms with van der Waals surface area (Å²) in [6.45, 7) is 0. The van der Waals surface area contributed by atoms with Gasteiger partial charge in [0.15, 0.2) is 5.01 Å². The van der Waals surface area contributed by atoms with Gasteiger partial charge in [0.05, 0.1) is 10.6 Å². The number of hydrogen-bond donors (Lipinski definition) is 1. The third-order valence-corrected chi connectivity index (χ3v) is 4.09. The summed E-state index contributed by atoms with van der Waals surface area (Å²) in [4.78, 5) is 7.54. The molecule has 0 aliphatic carbocycles. The predicted molar refractivity (Wildman–Crippen MR) is 72.9 cm³/mol. The van der Waals surface area contributed by atoms with Crippen LogP contribution in [0.25, 0.3) is 10.8 Å². The summed E-state index contributed by atoms with van der Waals surface area (Å²) in [5, 5.41) is 10.9. The number of aliphatic hydroxyl groups is 1. The number of nitrogens with zero attached hydrogens (tertiary/aromatic N) is 2. The molecule has 1 aromatic carbocycles. The van der Waals surface area contributed by atoms with Crippen LogP contribution in [-0.2, 0) is 6.18 Å². The van der Waals surface area contributed by atoms with Crippen LogP contribution in [0, 0.1) is 0 Å². The number of aromatic nitrogens is 2. The molecule has 0 bridgehead atoms. The molecule has 108 valence electrons. The predicted octanol–water partition coefficient (Wildman–Crippen LogP) is 3.79. The van der Waals surface area contributed by atoms with E-state index in [0.29, 0.717) is 22.4 Å². The van der Waals surface area contributed by atoms with Crippen molar-refractivity contribution in [2.45, 2.75) is 12.3 Å². The zero-order chi connectivity index (χ0) is 15.0. The number of halogens is 3. The summed E-state index contributed by atoms with van der Waals surface area (Å²) >= 11 is 0.425. The summed E-state index contributed by atoms with van der Waals surface area (Å²) in [7, 11) is 0. The van der Waals surface area contributed by atoms with E-state index < -0.39 is 17.3 Å². The topological polar surface area (TPSA) is 46.0 Å². The Morgan fingerprint density at radius 1 is 1.10 bits per heavy atom. The zero-order valence-corrected chi connectivity index (χ0v) is 11.3. The van der Waals surface area contributed by atoms with Crippen molar-refractivity contribution in [2.75, 3.05) is 0 Å². The monoisotopic (exact) mass is 310 g/mol. The maximum absolute atomic E-state index is 12.6. The van der Waals surface area contributed by atoms with Crippen molar-refractivity contribution in [2.24, 2.45) is 0 Å². The Bertz CT molecular complexity index is 780. The normalized spacial score (nSPS) is 13.5. The van der Waals surface area contributed by atoms with Crippen molar-refractivity contribution >= 4 is 22.1 Å². The van der Waals surface area contributed by atoms with E-state index in [1.807, 2.05) is 12.1 Å². The second-order valence-electron chi connectivity index (χ2n) is 4.39. The molecule has 2 heterocycles. The Balaban J connectivity index is 2.05. The van der Waals surface area contributed by atoms with E-state index in [9.17, 15) is 18.3 Å². The molecule has 3 aromatic rings. The van der Waals surface area contributed by atoms with Crippen LogP contribution in [-0.4, -0.2) is 15.1 Å². The van der Waals surface area contributed by atoms with Crippen LogP contribution in [0.15, 0.2) is 42.7 Å². The molecule has 0 fully saturated rings. The van der Waals surface area contributed by atoms with Crippen LogP contribution in [0.1, 0.15) is 21.7 Å². The minimum Gasteiger partial charge on any atom is -0.381 e. The average molecular weight is 310 g/mol. The lowest BCUT2D eigenvalue weighted by molar-refractivity contribution is -0.137. The van der Waals surface area contributed by atoms with Crippen LogP contribution >= 0.6 is 11.3 Å². The number of pyridine rings is 1. The number of aliphatic hydroxyl groups excluding tert-OH is 1. The first kappa shape index (κ1) is 14.0. The van der Waals surface area contributed by atoms with Crippen molar-refractivity contribution in [3.05, 3.63) is 58.3 Å². The van der Waals surface area contributed by atoms with E-state index >= 15 is 0 Å². The molecule has 0 amide bonds. The van der Waals surface area contributed by atoms with E-state index in [0.717, 1.165) is 11.6 Å². The van der Waals surface area contributed by atoms with E-state index in [2.05, 4.69) is 9.97 Å². The minimum atomic E-state index is -4.51. The quantitative estimate of drug-likeness (QED) is 0.783. The highest BCUT2D eigenvalue weighted by atomic mass is 32.1. The minimum absolute atomic E-state index is 0.117. The zero-order valence-electron chi connectivity index (χ0n) is 10.5. The Kier molecular flexibility index (Phi) is 3.38. The van der Waals surface area contributed by atoms with E-state index in [-0.39, 0.29) is 4.88 Å². The number of rotatable bonds is 2.